The lowest BCUT2D eigenvalue weighted by atomic mass is 10.1. The summed E-state index contributed by atoms with van der Waals surface area (Å²) in [7, 11) is 1.46. The molecule has 8 nitrogen and oxygen atoms in total. The van der Waals surface area contributed by atoms with Crippen LogP contribution in [0.25, 0.3) is 5.69 Å². The van der Waals surface area contributed by atoms with Gasteiger partial charge in [0.25, 0.3) is 0 Å². The van der Waals surface area contributed by atoms with Gasteiger partial charge in [0.05, 0.1) is 12.1 Å². The summed E-state index contributed by atoms with van der Waals surface area (Å²) in [6.07, 6.45) is 0. The number of methoxy groups -OCH3 is 1. The molecule has 0 saturated heterocycles. The van der Waals surface area contributed by atoms with E-state index < -0.39 is 5.25 Å². The molecule has 0 bridgehead atoms. The third-order valence-corrected chi connectivity index (χ3v) is 6.97. The zero-order chi connectivity index (χ0) is 26.5. The molecule has 0 fully saturated rings. The molecule has 0 unspecified atom stereocenters. The van der Waals surface area contributed by atoms with E-state index in [1.54, 1.807) is 24.3 Å². The van der Waals surface area contributed by atoms with Crippen molar-refractivity contribution in [2.24, 2.45) is 0 Å². The van der Waals surface area contributed by atoms with E-state index in [4.69, 9.17) is 21.1 Å². The van der Waals surface area contributed by atoms with Crippen molar-refractivity contribution in [1.29, 1.82) is 0 Å². The third kappa shape index (κ3) is 6.39. The van der Waals surface area contributed by atoms with Crippen LogP contribution in [0.3, 0.4) is 0 Å². The zero-order valence-corrected chi connectivity index (χ0v) is 21.9. The Kier molecular flexibility index (Phi) is 8.30. The van der Waals surface area contributed by atoms with E-state index in [0.29, 0.717) is 27.9 Å². The summed E-state index contributed by atoms with van der Waals surface area (Å²) in [6, 6.07) is 17.2. The summed E-state index contributed by atoms with van der Waals surface area (Å²) in [5.74, 6) is 0.859. The molecular formula is C26H24ClFN4O4S. The van der Waals surface area contributed by atoms with Crippen molar-refractivity contribution >= 4 is 23.4 Å². The quantitative estimate of drug-likeness (QED) is 0.130. The van der Waals surface area contributed by atoms with Crippen molar-refractivity contribution in [3.8, 4) is 17.2 Å². The fourth-order valence-electron chi connectivity index (χ4n) is 3.80. The van der Waals surface area contributed by atoms with Gasteiger partial charge in [-0.25, -0.2) is 4.39 Å². The lowest BCUT2D eigenvalue weighted by Crippen LogP contribution is -2.12. The predicted octanol–water partition coefficient (Wildman–Crippen LogP) is 6.37. The molecule has 0 spiro atoms. The van der Waals surface area contributed by atoms with E-state index in [9.17, 15) is 14.5 Å². The highest BCUT2D eigenvalue weighted by Crippen LogP contribution is 2.43. The second-order valence-corrected chi connectivity index (χ2v) is 9.86. The first-order valence-electron chi connectivity index (χ1n) is 11.3. The number of hydrogen-bond donors (Lipinski definition) is 0. The fourth-order valence-corrected chi connectivity index (χ4v) is 5.23. The number of aryl methyl sites for hydroxylation is 2. The maximum Gasteiger partial charge on any atom is 0.220 e. The van der Waals surface area contributed by atoms with Gasteiger partial charge in [0.2, 0.25) is 6.54 Å². The van der Waals surface area contributed by atoms with E-state index >= 15 is 0 Å². The number of benzene rings is 3. The molecule has 0 radical (unpaired) electrons. The first-order chi connectivity index (χ1) is 17.7. The number of rotatable bonds is 10. The molecule has 3 aromatic carbocycles. The summed E-state index contributed by atoms with van der Waals surface area (Å²) in [5.41, 5.74) is 3.11. The lowest BCUT2D eigenvalue weighted by Gasteiger charge is -2.18. The van der Waals surface area contributed by atoms with Gasteiger partial charge in [-0.3, -0.25) is 14.7 Å². The van der Waals surface area contributed by atoms with Crippen LogP contribution in [0.4, 0.5) is 4.39 Å². The summed E-state index contributed by atoms with van der Waals surface area (Å²) < 4.78 is 26.7. The molecule has 192 valence electrons. The summed E-state index contributed by atoms with van der Waals surface area (Å²) in [4.78, 5) is 11.2. The Morgan fingerprint density at radius 3 is 2.62 bits per heavy atom. The van der Waals surface area contributed by atoms with Crippen molar-refractivity contribution < 1.29 is 18.8 Å². The number of halogens is 2. The summed E-state index contributed by atoms with van der Waals surface area (Å²) in [6.45, 7) is 3.50. The molecule has 0 amide bonds. The number of aromatic nitrogens is 3. The van der Waals surface area contributed by atoms with Crippen molar-refractivity contribution in [2.45, 2.75) is 30.9 Å². The molecule has 0 N–H and O–H groups in total. The Morgan fingerprint density at radius 2 is 1.92 bits per heavy atom. The topological polar surface area (TPSA) is 92.3 Å². The first-order valence-corrected chi connectivity index (χ1v) is 12.5. The molecule has 1 atom stereocenters. The monoisotopic (exact) mass is 542 g/mol. The van der Waals surface area contributed by atoms with Crippen LogP contribution in [-0.4, -0.2) is 33.3 Å². The van der Waals surface area contributed by atoms with Gasteiger partial charge in [-0.1, -0.05) is 47.6 Å². The molecule has 4 rings (SSSR count). The third-order valence-electron chi connectivity index (χ3n) is 5.51. The van der Waals surface area contributed by atoms with Crippen LogP contribution in [0.15, 0.2) is 65.8 Å². The van der Waals surface area contributed by atoms with Gasteiger partial charge < -0.3 is 9.47 Å². The van der Waals surface area contributed by atoms with Gasteiger partial charge in [-0.05, 0) is 66.9 Å². The van der Waals surface area contributed by atoms with Crippen LogP contribution >= 0.6 is 23.4 Å². The largest absolute Gasteiger partial charge is 0.493 e. The molecule has 0 aliphatic carbocycles. The SMILES string of the molecule is COc1cc([C@@H](C[N+](=O)[O-])Sc2nnc(C)n2-c2cccc(C)c2)cc(Cl)c1OCc1cccc(F)c1. The molecular weight excluding hydrogens is 519 g/mol. The molecule has 37 heavy (non-hydrogen) atoms. The molecule has 0 saturated carbocycles. The normalized spacial score (nSPS) is 11.8. The molecule has 0 aliphatic rings. The molecule has 4 aromatic rings. The Hall–Kier alpha value is -3.63. The molecule has 11 heteroatoms. The number of thioether (sulfide) groups is 1. The van der Waals surface area contributed by atoms with Gasteiger partial charge in [-0.2, -0.15) is 0 Å². The number of hydrogen-bond acceptors (Lipinski definition) is 7. The minimum atomic E-state index is -0.647. The van der Waals surface area contributed by atoms with Gasteiger partial charge in [0.15, 0.2) is 16.7 Å². The van der Waals surface area contributed by atoms with E-state index in [0.717, 1.165) is 11.3 Å². The molecule has 1 heterocycles. The highest BCUT2D eigenvalue weighted by molar-refractivity contribution is 7.99. The fraction of sp³-hybridized carbons (Fsp3) is 0.231. The van der Waals surface area contributed by atoms with E-state index in [-0.39, 0.29) is 34.7 Å². The molecule has 0 aliphatic heterocycles. The van der Waals surface area contributed by atoms with Crippen LogP contribution in [0.5, 0.6) is 11.5 Å². The average Bonchev–Trinajstić information content (AvgIpc) is 3.22. The van der Waals surface area contributed by atoms with Crippen molar-refractivity contribution in [3.05, 3.63) is 104 Å². The van der Waals surface area contributed by atoms with Crippen LogP contribution in [0.1, 0.15) is 27.8 Å². The Morgan fingerprint density at radius 1 is 1.14 bits per heavy atom. The van der Waals surface area contributed by atoms with E-state index in [1.807, 2.05) is 42.7 Å². The summed E-state index contributed by atoms with van der Waals surface area (Å²) >= 11 is 7.77. The smallest absolute Gasteiger partial charge is 0.220 e. The van der Waals surface area contributed by atoms with E-state index in [2.05, 4.69) is 10.2 Å². The number of nitro groups is 1. The van der Waals surface area contributed by atoms with Crippen molar-refractivity contribution in [3.63, 3.8) is 0 Å². The van der Waals surface area contributed by atoms with Crippen molar-refractivity contribution in [1.82, 2.24) is 14.8 Å². The minimum Gasteiger partial charge on any atom is -0.493 e. The van der Waals surface area contributed by atoms with Gasteiger partial charge in [0, 0.05) is 10.6 Å². The highest BCUT2D eigenvalue weighted by Gasteiger charge is 2.26. The van der Waals surface area contributed by atoms with Crippen LogP contribution in [0.2, 0.25) is 5.02 Å². The molecule has 1 aromatic heterocycles. The number of nitrogens with zero attached hydrogens (tertiary/aromatic N) is 4. The van der Waals surface area contributed by atoms with Crippen LogP contribution in [-0.2, 0) is 6.61 Å². The predicted molar refractivity (Wildman–Crippen MR) is 140 cm³/mol. The highest BCUT2D eigenvalue weighted by atomic mass is 35.5. The Balaban J connectivity index is 1.66. The standard InChI is InChI=1S/C26H24ClFN4O4S/c1-16-6-4-9-21(10-16)32-17(2)29-30-26(32)37-24(14-31(33)34)19-12-22(27)25(23(13-19)35-3)36-15-18-7-5-8-20(28)11-18/h4-13,24H,14-15H2,1-3H3/t24-/m1/s1. The lowest BCUT2D eigenvalue weighted by molar-refractivity contribution is -0.479. The van der Waals surface area contributed by atoms with Gasteiger partial charge >= 0.3 is 0 Å². The Labute approximate surface area is 222 Å². The number of ether oxygens (including phenoxy) is 2. The van der Waals surface area contributed by atoms with Crippen LogP contribution in [0, 0.1) is 29.8 Å². The van der Waals surface area contributed by atoms with Gasteiger partial charge in [0.1, 0.15) is 23.5 Å². The second-order valence-electron chi connectivity index (χ2n) is 8.28. The van der Waals surface area contributed by atoms with E-state index in [1.165, 1.54) is 31.0 Å². The first kappa shape index (κ1) is 26.4. The maximum absolute atomic E-state index is 13.5. The maximum atomic E-state index is 13.5. The Bertz CT molecular complexity index is 1430. The minimum absolute atomic E-state index is 0.0686. The summed E-state index contributed by atoms with van der Waals surface area (Å²) in [5, 5.41) is 20.2. The zero-order valence-electron chi connectivity index (χ0n) is 20.4. The van der Waals surface area contributed by atoms with Gasteiger partial charge in [-0.15, -0.1) is 10.2 Å². The average molecular weight is 543 g/mol. The van der Waals surface area contributed by atoms with Crippen LogP contribution < -0.4 is 9.47 Å². The second kappa shape index (κ2) is 11.6. The van der Waals surface area contributed by atoms with Crippen molar-refractivity contribution in [2.75, 3.05) is 13.7 Å².